The fourth-order valence-electron chi connectivity index (χ4n) is 2.11. The quantitative estimate of drug-likeness (QED) is 0.923. The molecule has 0 fully saturated rings. The fourth-order valence-corrected chi connectivity index (χ4v) is 2.85. The topological polar surface area (TPSA) is 46.2 Å². The maximum absolute atomic E-state index is 13.3. The van der Waals surface area contributed by atoms with E-state index in [9.17, 15) is 17.2 Å². The van der Waals surface area contributed by atoms with E-state index in [-0.39, 0.29) is 6.42 Å². The highest BCUT2D eigenvalue weighted by molar-refractivity contribution is 7.88. The number of hydrogen-bond acceptors (Lipinski definition) is 2. The third-order valence-corrected chi connectivity index (χ3v) is 3.65. The van der Waals surface area contributed by atoms with Crippen molar-refractivity contribution in [3.05, 3.63) is 71.3 Å². The van der Waals surface area contributed by atoms with E-state index in [4.69, 9.17) is 0 Å². The number of nitrogens with one attached hydrogen (secondary N) is 1. The van der Waals surface area contributed by atoms with Gasteiger partial charge in [-0.25, -0.2) is 21.9 Å². The third-order valence-electron chi connectivity index (χ3n) is 2.94. The summed E-state index contributed by atoms with van der Waals surface area (Å²) >= 11 is 0. The second-order valence-corrected chi connectivity index (χ2v) is 6.61. The number of sulfonamides is 1. The molecule has 2 aromatic rings. The lowest BCUT2D eigenvalue weighted by molar-refractivity contribution is 0.556. The molecule has 0 aliphatic carbocycles. The zero-order valence-electron chi connectivity index (χ0n) is 11.4. The Bertz CT molecular complexity index is 732. The number of rotatable bonds is 5. The van der Waals surface area contributed by atoms with E-state index in [1.54, 1.807) is 18.2 Å². The van der Waals surface area contributed by atoms with Gasteiger partial charge in [-0.05, 0) is 41.8 Å². The maximum atomic E-state index is 13.3. The minimum atomic E-state index is -3.48. The lowest BCUT2D eigenvalue weighted by Crippen LogP contribution is -2.29. The summed E-state index contributed by atoms with van der Waals surface area (Å²) in [6.45, 7) is 0. The largest absolute Gasteiger partial charge is 0.213 e. The Morgan fingerprint density at radius 2 is 1.67 bits per heavy atom. The minimum absolute atomic E-state index is 0.230. The van der Waals surface area contributed by atoms with Crippen molar-refractivity contribution in [2.45, 2.75) is 12.5 Å². The molecule has 1 N–H and O–H groups in total. The van der Waals surface area contributed by atoms with E-state index in [2.05, 4.69) is 4.72 Å². The molecule has 6 heteroatoms. The van der Waals surface area contributed by atoms with Crippen molar-refractivity contribution in [1.82, 2.24) is 4.72 Å². The van der Waals surface area contributed by atoms with Crippen LogP contribution in [-0.4, -0.2) is 14.7 Å². The second-order valence-electron chi connectivity index (χ2n) is 4.83. The van der Waals surface area contributed by atoms with E-state index < -0.39 is 27.7 Å². The van der Waals surface area contributed by atoms with E-state index >= 15 is 0 Å². The molecule has 0 spiro atoms. The fraction of sp³-hybridized carbons (Fsp3) is 0.200. The molecule has 112 valence electrons. The van der Waals surface area contributed by atoms with Gasteiger partial charge in [-0.1, -0.05) is 24.3 Å². The minimum Gasteiger partial charge on any atom is -0.213 e. The van der Waals surface area contributed by atoms with Crippen LogP contribution in [0.1, 0.15) is 17.2 Å². The van der Waals surface area contributed by atoms with Crippen LogP contribution in [0.25, 0.3) is 0 Å². The van der Waals surface area contributed by atoms with Gasteiger partial charge in [-0.2, -0.15) is 0 Å². The molecule has 1 atom stereocenters. The molecule has 0 aromatic heterocycles. The van der Waals surface area contributed by atoms with Gasteiger partial charge in [0.2, 0.25) is 10.0 Å². The monoisotopic (exact) mass is 311 g/mol. The van der Waals surface area contributed by atoms with Crippen molar-refractivity contribution in [3.63, 3.8) is 0 Å². The molecule has 0 heterocycles. The Hall–Kier alpha value is -1.79. The highest BCUT2D eigenvalue weighted by Crippen LogP contribution is 2.20. The SMILES string of the molecule is CS(=O)(=O)N[C@H](Cc1cccc(F)c1)c1cccc(F)c1. The summed E-state index contributed by atoms with van der Waals surface area (Å²) in [5.41, 5.74) is 1.12. The first-order valence-electron chi connectivity index (χ1n) is 6.31. The molecule has 21 heavy (non-hydrogen) atoms. The van der Waals surface area contributed by atoms with Crippen molar-refractivity contribution in [2.75, 3.05) is 6.26 Å². The molecule has 3 nitrogen and oxygen atoms in total. The zero-order valence-corrected chi connectivity index (χ0v) is 12.2. The highest BCUT2D eigenvalue weighted by Gasteiger charge is 2.17. The van der Waals surface area contributed by atoms with Crippen LogP contribution in [0, 0.1) is 11.6 Å². The summed E-state index contributed by atoms with van der Waals surface area (Å²) in [6.07, 6.45) is 1.26. The van der Waals surface area contributed by atoms with Crippen molar-refractivity contribution in [2.24, 2.45) is 0 Å². The van der Waals surface area contributed by atoms with E-state index in [1.807, 2.05) is 0 Å². The molecule has 2 aromatic carbocycles. The molecule has 0 aliphatic rings. The van der Waals surface area contributed by atoms with E-state index in [0.717, 1.165) is 6.26 Å². The Kier molecular flexibility index (Phi) is 4.69. The summed E-state index contributed by atoms with van der Waals surface area (Å²) in [4.78, 5) is 0. The molecule has 0 saturated carbocycles. The molecule has 0 bridgehead atoms. The zero-order chi connectivity index (χ0) is 15.5. The van der Waals surface area contributed by atoms with Crippen LogP contribution >= 0.6 is 0 Å². The first-order chi connectivity index (χ1) is 9.83. The molecule has 0 amide bonds. The summed E-state index contributed by atoms with van der Waals surface area (Å²) in [5, 5.41) is 0. The first-order valence-corrected chi connectivity index (χ1v) is 8.20. The predicted molar refractivity (Wildman–Crippen MR) is 77.2 cm³/mol. The lowest BCUT2D eigenvalue weighted by Gasteiger charge is -2.18. The first kappa shape index (κ1) is 15.6. The number of hydrogen-bond donors (Lipinski definition) is 1. The standard InChI is InChI=1S/C15H15F2NO2S/c1-21(19,20)18-15(12-5-3-7-14(17)10-12)9-11-4-2-6-13(16)8-11/h2-8,10,15,18H,9H2,1H3/t15-/m1/s1. The molecule has 0 radical (unpaired) electrons. The molecule has 0 unspecified atom stereocenters. The molecular weight excluding hydrogens is 296 g/mol. The van der Waals surface area contributed by atoms with Gasteiger partial charge in [0.1, 0.15) is 11.6 Å². The van der Waals surface area contributed by atoms with E-state index in [1.165, 1.54) is 30.3 Å². The lowest BCUT2D eigenvalue weighted by atomic mass is 9.99. The normalized spacial score (nSPS) is 13.1. The van der Waals surface area contributed by atoms with Gasteiger partial charge in [0.15, 0.2) is 0 Å². The van der Waals surface area contributed by atoms with Crippen molar-refractivity contribution >= 4 is 10.0 Å². The Balaban J connectivity index is 2.32. The van der Waals surface area contributed by atoms with Crippen LogP contribution < -0.4 is 4.72 Å². The maximum Gasteiger partial charge on any atom is 0.209 e. The summed E-state index contributed by atoms with van der Waals surface area (Å²) in [7, 11) is -3.48. The Morgan fingerprint density at radius 3 is 2.24 bits per heavy atom. The van der Waals surface area contributed by atoms with Crippen molar-refractivity contribution in [1.29, 1.82) is 0 Å². The number of halogens is 2. The van der Waals surface area contributed by atoms with Crippen LogP contribution in [0.4, 0.5) is 8.78 Å². The Morgan fingerprint density at radius 1 is 1.05 bits per heavy atom. The van der Waals surface area contributed by atoms with Crippen LogP contribution in [0.5, 0.6) is 0 Å². The molecule has 2 rings (SSSR count). The van der Waals surface area contributed by atoms with Gasteiger partial charge in [-0.15, -0.1) is 0 Å². The molecule has 0 saturated heterocycles. The van der Waals surface area contributed by atoms with Crippen LogP contribution in [-0.2, 0) is 16.4 Å². The third kappa shape index (κ3) is 4.91. The summed E-state index contributed by atoms with van der Waals surface area (Å²) < 4.78 is 52.0. The number of benzene rings is 2. The van der Waals surface area contributed by atoms with Crippen LogP contribution in [0.15, 0.2) is 48.5 Å². The smallest absolute Gasteiger partial charge is 0.209 e. The summed E-state index contributed by atoms with van der Waals surface area (Å²) in [5.74, 6) is -0.850. The molecular formula is C15H15F2NO2S. The van der Waals surface area contributed by atoms with Crippen LogP contribution in [0.3, 0.4) is 0 Å². The average molecular weight is 311 g/mol. The highest BCUT2D eigenvalue weighted by atomic mass is 32.2. The van der Waals surface area contributed by atoms with Crippen molar-refractivity contribution < 1.29 is 17.2 Å². The van der Waals surface area contributed by atoms with Crippen LogP contribution in [0.2, 0.25) is 0 Å². The van der Waals surface area contributed by atoms with Crippen molar-refractivity contribution in [3.8, 4) is 0 Å². The van der Waals surface area contributed by atoms with Gasteiger partial charge in [0, 0.05) is 0 Å². The predicted octanol–water partition coefficient (Wildman–Crippen LogP) is 2.80. The van der Waals surface area contributed by atoms with Gasteiger partial charge in [0.25, 0.3) is 0 Å². The average Bonchev–Trinajstić information content (AvgIpc) is 2.36. The molecule has 0 aliphatic heterocycles. The van der Waals surface area contributed by atoms with E-state index in [0.29, 0.717) is 11.1 Å². The Labute approximate surface area is 122 Å². The van der Waals surface area contributed by atoms with Gasteiger partial charge >= 0.3 is 0 Å². The van der Waals surface area contributed by atoms with Gasteiger partial charge in [0.05, 0.1) is 12.3 Å². The van der Waals surface area contributed by atoms with Gasteiger partial charge < -0.3 is 0 Å². The van der Waals surface area contributed by atoms with Gasteiger partial charge in [-0.3, -0.25) is 0 Å². The summed E-state index contributed by atoms with van der Waals surface area (Å²) in [6, 6.07) is 10.9. The second kappa shape index (κ2) is 6.32.